The summed E-state index contributed by atoms with van der Waals surface area (Å²) in [6.07, 6.45) is 1.19. The molecule has 2 rings (SSSR count). The molecule has 1 unspecified atom stereocenters. The van der Waals surface area contributed by atoms with Crippen molar-refractivity contribution < 1.29 is 9.18 Å². The van der Waals surface area contributed by atoms with Crippen molar-refractivity contribution in [2.24, 2.45) is 11.7 Å². The lowest BCUT2D eigenvalue weighted by Gasteiger charge is -2.14. The van der Waals surface area contributed by atoms with Gasteiger partial charge in [-0.1, -0.05) is 0 Å². The molecule has 0 bridgehead atoms. The summed E-state index contributed by atoms with van der Waals surface area (Å²) in [5.74, 6) is 1.96. The first-order valence-corrected chi connectivity index (χ1v) is 7.15. The van der Waals surface area contributed by atoms with Crippen LogP contribution in [0.5, 0.6) is 0 Å². The summed E-state index contributed by atoms with van der Waals surface area (Å²) in [4.78, 5) is 11.1. The SMILES string of the molecule is Cc1c(F)cc(C(N)=O)cc1NCC1CCSC1. The lowest BCUT2D eigenvalue weighted by Crippen LogP contribution is -2.16. The molecule has 3 N–H and O–H groups in total. The first-order chi connectivity index (χ1) is 8.58. The molecule has 1 aromatic rings. The summed E-state index contributed by atoms with van der Waals surface area (Å²) in [7, 11) is 0. The zero-order valence-corrected chi connectivity index (χ0v) is 11.1. The first kappa shape index (κ1) is 13.2. The van der Waals surface area contributed by atoms with Crippen molar-refractivity contribution in [3.8, 4) is 0 Å². The van der Waals surface area contributed by atoms with E-state index in [1.165, 1.54) is 18.2 Å². The highest BCUT2D eigenvalue weighted by Crippen LogP contribution is 2.25. The maximum atomic E-state index is 13.6. The minimum absolute atomic E-state index is 0.210. The second kappa shape index (κ2) is 5.61. The van der Waals surface area contributed by atoms with E-state index >= 15 is 0 Å². The Labute approximate surface area is 110 Å². The number of hydrogen-bond donors (Lipinski definition) is 2. The number of halogens is 1. The fraction of sp³-hybridized carbons (Fsp3) is 0.462. The van der Waals surface area contributed by atoms with Crippen LogP contribution in [0.1, 0.15) is 22.3 Å². The number of thioether (sulfide) groups is 1. The number of nitrogens with one attached hydrogen (secondary N) is 1. The number of amides is 1. The molecule has 1 amide bonds. The molecule has 1 heterocycles. The summed E-state index contributed by atoms with van der Waals surface area (Å²) < 4.78 is 13.6. The number of carbonyl (C=O) groups is 1. The summed E-state index contributed by atoms with van der Waals surface area (Å²) in [5, 5.41) is 3.23. The molecule has 1 aliphatic rings. The summed E-state index contributed by atoms with van der Waals surface area (Å²) in [5.41, 5.74) is 6.59. The average Bonchev–Trinajstić information content (AvgIpc) is 2.83. The van der Waals surface area contributed by atoms with E-state index in [9.17, 15) is 9.18 Å². The van der Waals surface area contributed by atoms with E-state index in [2.05, 4.69) is 5.32 Å². The molecule has 1 atom stereocenters. The molecule has 1 saturated heterocycles. The number of nitrogens with two attached hydrogens (primary N) is 1. The average molecular weight is 268 g/mol. The number of carbonyl (C=O) groups excluding carboxylic acids is 1. The van der Waals surface area contributed by atoms with Gasteiger partial charge in [0.25, 0.3) is 0 Å². The quantitative estimate of drug-likeness (QED) is 0.881. The van der Waals surface area contributed by atoms with Crippen molar-refractivity contribution in [2.75, 3.05) is 23.4 Å². The molecule has 1 fully saturated rings. The Bertz CT molecular complexity index is 459. The van der Waals surface area contributed by atoms with Crippen LogP contribution in [-0.2, 0) is 0 Å². The lowest BCUT2D eigenvalue weighted by atomic mass is 10.1. The molecule has 18 heavy (non-hydrogen) atoms. The second-order valence-electron chi connectivity index (χ2n) is 4.61. The smallest absolute Gasteiger partial charge is 0.248 e. The summed E-state index contributed by atoms with van der Waals surface area (Å²) >= 11 is 1.94. The Morgan fingerprint density at radius 2 is 2.39 bits per heavy atom. The van der Waals surface area contributed by atoms with Gasteiger partial charge in [-0.3, -0.25) is 4.79 Å². The van der Waals surface area contributed by atoms with Gasteiger partial charge in [0.2, 0.25) is 5.91 Å². The minimum Gasteiger partial charge on any atom is -0.384 e. The van der Waals surface area contributed by atoms with Gasteiger partial charge in [-0.2, -0.15) is 11.8 Å². The fourth-order valence-electron chi connectivity index (χ4n) is 2.00. The Balaban J connectivity index is 2.12. The van der Waals surface area contributed by atoms with Gasteiger partial charge in [0.1, 0.15) is 5.82 Å². The second-order valence-corrected chi connectivity index (χ2v) is 5.76. The predicted octanol–water partition coefficient (Wildman–Crippen LogP) is 2.40. The van der Waals surface area contributed by atoms with Crippen LogP contribution in [0, 0.1) is 18.7 Å². The van der Waals surface area contributed by atoms with Crippen molar-refractivity contribution in [1.29, 1.82) is 0 Å². The van der Waals surface area contributed by atoms with Crippen LogP contribution >= 0.6 is 11.8 Å². The summed E-state index contributed by atoms with van der Waals surface area (Å²) in [6.45, 7) is 2.52. The van der Waals surface area contributed by atoms with Crippen LogP contribution in [0.4, 0.5) is 10.1 Å². The van der Waals surface area contributed by atoms with E-state index in [-0.39, 0.29) is 5.56 Å². The highest BCUT2D eigenvalue weighted by atomic mass is 32.2. The van der Waals surface area contributed by atoms with E-state index in [1.54, 1.807) is 13.0 Å². The molecule has 5 heteroatoms. The predicted molar refractivity (Wildman–Crippen MR) is 73.6 cm³/mol. The fourth-order valence-corrected chi connectivity index (χ4v) is 3.29. The van der Waals surface area contributed by atoms with Gasteiger partial charge in [-0.15, -0.1) is 0 Å². The van der Waals surface area contributed by atoms with Gasteiger partial charge in [0.15, 0.2) is 0 Å². The third-order valence-corrected chi connectivity index (χ3v) is 4.47. The minimum atomic E-state index is -0.603. The van der Waals surface area contributed by atoms with Crippen LogP contribution in [0.2, 0.25) is 0 Å². The first-order valence-electron chi connectivity index (χ1n) is 5.99. The molecular weight excluding hydrogens is 251 g/mol. The van der Waals surface area contributed by atoms with E-state index < -0.39 is 11.7 Å². The normalized spacial score (nSPS) is 18.9. The molecule has 0 aliphatic carbocycles. The van der Waals surface area contributed by atoms with Gasteiger partial charge in [0.05, 0.1) is 0 Å². The van der Waals surface area contributed by atoms with Gasteiger partial charge >= 0.3 is 0 Å². The molecule has 0 aromatic heterocycles. The van der Waals surface area contributed by atoms with Crippen molar-refractivity contribution in [2.45, 2.75) is 13.3 Å². The zero-order chi connectivity index (χ0) is 13.1. The van der Waals surface area contributed by atoms with Crippen LogP contribution in [0.15, 0.2) is 12.1 Å². The third kappa shape index (κ3) is 2.96. The number of anilines is 1. The van der Waals surface area contributed by atoms with Crippen molar-refractivity contribution >= 4 is 23.4 Å². The zero-order valence-electron chi connectivity index (χ0n) is 10.3. The van der Waals surface area contributed by atoms with Crippen molar-refractivity contribution in [3.05, 3.63) is 29.1 Å². The van der Waals surface area contributed by atoms with Gasteiger partial charge in [-0.25, -0.2) is 4.39 Å². The van der Waals surface area contributed by atoms with Crippen molar-refractivity contribution in [3.63, 3.8) is 0 Å². The van der Waals surface area contributed by atoms with Crippen LogP contribution in [0.25, 0.3) is 0 Å². The molecule has 0 spiro atoms. The Morgan fingerprint density at radius 1 is 1.61 bits per heavy atom. The Kier molecular flexibility index (Phi) is 4.11. The largest absolute Gasteiger partial charge is 0.384 e. The van der Waals surface area contributed by atoms with Crippen molar-refractivity contribution in [1.82, 2.24) is 0 Å². The third-order valence-electron chi connectivity index (χ3n) is 3.23. The van der Waals surface area contributed by atoms with E-state index in [0.29, 0.717) is 17.2 Å². The van der Waals surface area contributed by atoms with Gasteiger partial charge < -0.3 is 11.1 Å². The van der Waals surface area contributed by atoms with E-state index in [0.717, 1.165) is 12.3 Å². The van der Waals surface area contributed by atoms with Crippen LogP contribution < -0.4 is 11.1 Å². The van der Waals surface area contributed by atoms with E-state index in [1.807, 2.05) is 11.8 Å². The topological polar surface area (TPSA) is 55.1 Å². The standard InChI is InChI=1S/C13H17FN2OS/c1-8-11(14)4-10(13(15)17)5-12(8)16-6-9-2-3-18-7-9/h4-5,9,16H,2-3,6-7H2,1H3,(H2,15,17). The number of rotatable bonds is 4. The maximum Gasteiger partial charge on any atom is 0.248 e. The van der Waals surface area contributed by atoms with Gasteiger partial charge in [-0.05, 0) is 42.9 Å². The Hall–Kier alpha value is -1.23. The Morgan fingerprint density at radius 3 is 3.00 bits per heavy atom. The molecular formula is C13H17FN2OS. The highest BCUT2D eigenvalue weighted by Gasteiger charge is 2.16. The molecule has 98 valence electrons. The monoisotopic (exact) mass is 268 g/mol. The van der Waals surface area contributed by atoms with Gasteiger partial charge in [0, 0.05) is 23.4 Å². The molecule has 1 aromatic carbocycles. The number of hydrogen-bond acceptors (Lipinski definition) is 3. The lowest BCUT2D eigenvalue weighted by molar-refractivity contribution is 0.1000. The summed E-state index contributed by atoms with van der Waals surface area (Å²) in [6, 6.07) is 2.82. The number of benzene rings is 1. The molecule has 1 aliphatic heterocycles. The highest BCUT2D eigenvalue weighted by molar-refractivity contribution is 7.99. The maximum absolute atomic E-state index is 13.6. The molecule has 0 saturated carbocycles. The van der Waals surface area contributed by atoms with Crippen LogP contribution in [-0.4, -0.2) is 24.0 Å². The molecule has 3 nitrogen and oxygen atoms in total. The number of primary amides is 1. The van der Waals surface area contributed by atoms with Crippen LogP contribution in [0.3, 0.4) is 0 Å². The molecule has 0 radical (unpaired) electrons. The van der Waals surface area contributed by atoms with E-state index in [4.69, 9.17) is 5.73 Å².